The Balaban J connectivity index is 1.69. The monoisotopic (exact) mass is 504 g/mol. The minimum Gasteiger partial charge on any atom is -0.394 e. The highest BCUT2D eigenvalue weighted by molar-refractivity contribution is 7.85. The van der Waals surface area contributed by atoms with E-state index in [1.54, 1.807) is 0 Å². The van der Waals surface area contributed by atoms with E-state index < -0.39 is 64.6 Å². The first-order valence-electron chi connectivity index (χ1n) is 9.43. The molecular formula is C19H16ClF3N4O5S. The third-order valence-electron chi connectivity index (χ3n) is 5.10. The van der Waals surface area contributed by atoms with Gasteiger partial charge in [-0.3, -0.25) is 4.21 Å². The van der Waals surface area contributed by atoms with Gasteiger partial charge in [0.25, 0.3) is 0 Å². The predicted octanol–water partition coefficient (Wildman–Crippen LogP) is 1.20. The Hall–Kier alpha value is -2.42. The molecule has 1 fully saturated rings. The molecule has 9 nitrogen and oxygen atoms in total. The highest BCUT2D eigenvalue weighted by Gasteiger charge is 2.48. The largest absolute Gasteiger partial charge is 0.394 e. The van der Waals surface area contributed by atoms with Gasteiger partial charge in [0.2, 0.25) is 0 Å². The lowest BCUT2D eigenvalue weighted by Gasteiger charge is -2.41. The number of pyridine rings is 1. The normalized spacial score (nSPS) is 26.3. The lowest BCUT2D eigenvalue weighted by molar-refractivity contribution is -0.179. The second-order valence-electron chi connectivity index (χ2n) is 7.12. The molecule has 14 heteroatoms. The molecule has 0 saturated carbocycles. The van der Waals surface area contributed by atoms with Crippen LogP contribution in [0.3, 0.4) is 0 Å². The van der Waals surface area contributed by atoms with Gasteiger partial charge in [0.05, 0.1) is 28.5 Å². The van der Waals surface area contributed by atoms with Crippen molar-refractivity contribution in [2.45, 2.75) is 34.7 Å². The average molecular weight is 505 g/mol. The van der Waals surface area contributed by atoms with Gasteiger partial charge in [-0.05, 0) is 24.3 Å². The Bertz CT molecular complexity index is 1180. The number of ether oxygens (including phenoxy) is 1. The van der Waals surface area contributed by atoms with Crippen LogP contribution in [0.2, 0.25) is 5.15 Å². The average Bonchev–Trinajstić information content (AvgIpc) is 3.27. The molecular weight excluding hydrogens is 489 g/mol. The highest BCUT2D eigenvalue weighted by Crippen LogP contribution is 2.35. The minimum atomic E-state index is -2.07. The topological polar surface area (TPSA) is 131 Å². The van der Waals surface area contributed by atoms with Gasteiger partial charge in [0.1, 0.15) is 35.2 Å². The molecule has 3 aromatic rings. The zero-order valence-electron chi connectivity index (χ0n) is 16.4. The number of benzene rings is 1. The molecule has 33 heavy (non-hydrogen) atoms. The molecule has 3 heterocycles. The lowest BCUT2D eigenvalue weighted by Crippen LogP contribution is -2.57. The summed E-state index contributed by atoms with van der Waals surface area (Å²) < 4.78 is 60.0. The Labute approximate surface area is 191 Å². The van der Waals surface area contributed by atoms with Gasteiger partial charge in [0, 0.05) is 11.8 Å². The van der Waals surface area contributed by atoms with Crippen LogP contribution >= 0.6 is 11.6 Å². The minimum absolute atomic E-state index is 0.0617. The number of rotatable bonds is 5. The second-order valence-corrected chi connectivity index (χ2v) is 8.98. The Kier molecular flexibility index (Phi) is 6.79. The van der Waals surface area contributed by atoms with Crippen LogP contribution < -0.4 is 0 Å². The molecule has 3 N–H and O–H groups in total. The smallest absolute Gasteiger partial charge is 0.194 e. The van der Waals surface area contributed by atoms with Gasteiger partial charge in [-0.25, -0.2) is 22.8 Å². The van der Waals surface area contributed by atoms with Crippen LogP contribution in [0.15, 0.2) is 41.6 Å². The Morgan fingerprint density at radius 3 is 2.52 bits per heavy atom. The van der Waals surface area contributed by atoms with Crippen molar-refractivity contribution >= 4 is 22.4 Å². The molecule has 0 unspecified atom stereocenters. The van der Waals surface area contributed by atoms with Crippen LogP contribution in [0.1, 0.15) is 6.04 Å². The van der Waals surface area contributed by atoms with E-state index in [-0.39, 0.29) is 21.3 Å². The fourth-order valence-corrected chi connectivity index (χ4v) is 5.15. The third-order valence-corrected chi connectivity index (χ3v) is 7.08. The van der Waals surface area contributed by atoms with Crippen LogP contribution in [0, 0.1) is 17.5 Å². The summed E-state index contributed by atoms with van der Waals surface area (Å²) in [5, 5.41) is 38.7. The summed E-state index contributed by atoms with van der Waals surface area (Å²) in [5.74, 6) is -4.52. The maximum Gasteiger partial charge on any atom is 0.194 e. The maximum atomic E-state index is 13.6. The summed E-state index contributed by atoms with van der Waals surface area (Å²) in [6.45, 7) is -0.686. The summed E-state index contributed by atoms with van der Waals surface area (Å²) in [4.78, 5) is 3.89. The quantitative estimate of drug-likeness (QED) is 0.349. The first-order valence-corrected chi connectivity index (χ1v) is 11.0. The molecule has 6 atom stereocenters. The number of aliphatic hydroxyl groups excluding tert-OH is 3. The molecule has 0 radical (unpaired) electrons. The summed E-state index contributed by atoms with van der Waals surface area (Å²) in [5.41, 5.74) is -1.69. The van der Waals surface area contributed by atoms with Crippen molar-refractivity contribution in [3.05, 3.63) is 59.3 Å². The van der Waals surface area contributed by atoms with Gasteiger partial charge >= 0.3 is 0 Å². The number of hydrogen-bond donors (Lipinski definition) is 3. The van der Waals surface area contributed by atoms with Gasteiger partial charge < -0.3 is 20.1 Å². The predicted molar refractivity (Wildman–Crippen MR) is 108 cm³/mol. The molecule has 1 aliphatic heterocycles. The van der Waals surface area contributed by atoms with Crippen LogP contribution in [0.25, 0.3) is 11.3 Å². The molecule has 0 aliphatic carbocycles. The van der Waals surface area contributed by atoms with E-state index in [0.717, 1.165) is 10.9 Å². The summed E-state index contributed by atoms with van der Waals surface area (Å²) in [6.07, 6.45) is -1.91. The van der Waals surface area contributed by atoms with Crippen molar-refractivity contribution in [1.82, 2.24) is 20.0 Å². The van der Waals surface area contributed by atoms with E-state index >= 15 is 0 Å². The number of aromatic nitrogens is 4. The Morgan fingerprint density at radius 1 is 1.18 bits per heavy atom. The van der Waals surface area contributed by atoms with Crippen molar-refractivity contribution in [3.8, 4) is 11.3 Å². The fraction of sp³-hybridized carbons (Fsp3) is 0.316. The van der Waals surface area contributed by atoms with Gasteiger partial charge in [0.15, 0.2) is 22.9 Å². The van der Waals surface area contributed by atoms with E-state index in [2.05, 4.69) is 15.3 Å². The molecule has 0 spiro atoms. The van der Waals surface area contributed by atoms with Crippen LogP contribution in [-0.4, -0.2) is 69.9 Å². The molecule has 176 valence electrons. The van der Waals surface area contributed by atoms with E-state index in [1.165, 1.54) is 18.3 Å². The molecule has 0 bridgehead atoms. The van der Waals surface area contributed by atoms with Crippen molar-refractivity contribution in [2.24, 2.45) is 0 Å². The standard InChI is InChI=1S/C19H16ClF3N4O5S/c20-18-13(2-1-3-24-18)33(31)19-17(30)15(16(29)12(7-28)32-19)27-6-11(25-26-27)8-4-9(21)14(23)10(22)5-8/h1-6,12,15-17,19,28-30H,7H2/t12-,15+,16+,17-,19-,33-/m1/s1. The molecule has 0 amide bonds. The number of hydrogen-bond acceptors (Lipinski definition) is 8. The number of aliphatic hydroxyl groups is 3. The Morgan fingerprint density at radius 2 is 1.88 bits per heavy atom. The SMILES string of the molecule is O=[S@](c1cccnc1Cl)[C@H]1O[C@H](CO)[C@H](O)[C@H](n2cc(-c3cc(F)c(F)c(F)c3)nn2)[C@H]1O. The van der Waals surface area contributed by atoms with Crippen molar-refractivity contribution in [1.29, 1.82) is 0 Å². The molecule has 4 rings (SSSR count). The van der Waals surface area contributed by atoms with Crippen molar-refractivity contribution in [3.63, 3.8) is 0 Å². The second kappa shape index (κ2) is 9.44. The molecule has 1 aliphatic rings. The number of nitrogens with zero attached hydrogens (tertiary/aromatic N) is 4. The summed E-state index contributed by atoms with van der Waals surface area (Å²) in [7, 11) is -2.07. The van der Waals surface area contributed by atoms with E-state index in [0.29, 0.717) is 12.1 Å². The van der Waals surface area contributed by atoms with E-state index in [1.807, 2.05) is 0 Å². The van der Waals surface area contributed by atoms with E-state index in [4.69, 9.17) is 16.3 Å². The van der Waals surface area contributed by atoms with Crippen molar-refractivity contribution < 1.29 is 37.4 Å². The fourth-order valence-electron chi connectivity index (χ4n) is 3.46. The maximum absolute atomic E-state index is 13.6. The lowest BCUT2D eigenvalue weighted by atomic mass is 9.97. The zero-order chi connectivity index (χ0) is 23.9. The third kappa shape index (κ3) is 4.39. The highest BCUT2D eigenvalue weighted by atomic mass is 35.5. The molecule has 2 aromatic heterocycles. The molecule has 1 saturated heterocycles. The summed E-state index contributed by atoms with van der Waals surface area (Å²) >= 11 is 5.99. The first kappa shape index (κ1) is 23.7. The van der Waals surface area contributed by atoms with Crippen molar-refractivity contribution in [2.75, 3.05) is 6.61 Å². The van der Waals surface area contributed by atoms with E-state index in [9.17, 15) is 32.7 Å². The van der Waals surface area contributed by atoms with Gasteiger partial charge in [-0.15, -0.1) is 5.10 Å². The van der Waals surface area contributed by atoms with Crippen LogP contribution in [0.5, 0.6) is 0 Å². The van der Waals surface area contributed by atoms with Crippen LogP contribution in [0.4, 0.5) is 13.2 Å². The molecule has 1 aromatic carbocycles. The van der Waals surface area contributed by atoms with Crippen LogP contribution in [-0.2, 0) is 15.5 Å². The first-order chi connectivity index (χ1) is 15.7. The number of halogens is 4. The zero-order valence-corrected chi connectivity index (χ0v) is 18.0. The summed E-state index contributed by atoms with van der Waals surface area (Å²) in [6, 6.07) is 3.00. The van der Waals surface area contributed by atoms with Gasteiger partial charge in [-0.1, -0.05) is 16.8 Å². The van der Waals surface area contributed by atoms with Gasteiger partial charge in [-0.2, -0.15) is 0 Å².